The Morgan fingerprint density at radius 3 is 1.95 bits per heavy atom. The van der Waals surface area contributed by atoms with Crippen LogP contribution in [-0.4, -0.2) is 31.6 Å². The quantitative estimate of drug-likeness (QED) is 0.665. The molecular formula is C17H35NO2. The SMILES string of the molecule is CC(C)NCC(C)(C)COCC(C)(C)CC(=O)C(C)C. The average Bonchev–Trinajstić information content (AvgIpc) is 2.25. The van der Waals surface area contributed by atoms with Gasteiger partial charge >= 0.3 is 0 Å². The predicted octanol–water partition coefficient (Wildman–Crippen LogP) is 3.67. The predicted molar refractivity (Wildman–Crippen MR) is 86.0 cm³/mol. The summed E-state index contributed by atoms with van der Waals surface area (Å²) in [6.45, 7) is 19.1. The first-order valence-corrected chi connectivity index (χ1v) is 7.79. The lowest BCUT2D eigenvalue weighted by Crippen LogP contribution is -2.37. The molecule has 0 aromatic heterocycles. The highest BCUT2D eigenvalue weighted by molar-refractivity contribution is 5.80. The van der Waals surface area contributed by atoms with Crippen LogP contribution in [-0.2, 0) is 9.53 Å². The molecular weight excluding hydrogens is 250 g/mol. The largest absolute Gasteiger partial charge is 0.380 e. The van der Waals surface area contributed by atoms with Crippen LogP contribution in [0.25, 0.3) is 0 Å². The van der Waals surface area contributed by atoms with E-state index in [1.807, 2.05) is 13.8 Å². The molecule has 0 saturated heterocycles. The van der Waals surface area contributed by atoms with Crippen molar-refractivity contribution in [3.8, 4) is 0 Å². The third-order valence-corrected chi connectivity index (χ3v) is 3.27. The molecule has 120 valence electrons. The fourth-order valence-corrected chi connectivity index (χ4v) is 1.86. The summed E-state index contributed by atoms with van der Waals surface area (Å²) in [7, 11) is 0. The minimum absolute atomic E-state index is 0.0804. The van der Waals surface area contributed by atoms with Crippen molar-refractivity contribution >= 4 is 5.78 Å². The number of ether oxygens (including phenoxy) is 1. The number of carbonyl (C=O) groups is 1. The smallest absolute Gasteiger partial charge is 0.136 e. The summed E-state index contributed by atoms with van der Waals surface area (Å²) in [5.41, 5.74) is 0.0331. The number of ketones is 1. The Morgan fingerprint density at radius 1 is 1.00 bits per heavy atom. The lowest BCUT2D eigenvalue weighted by Gasteiger charge is -2.30. The van der Waals surface area contributed by atoms with Gasteiger partial charge in [0, 0.05) is 30.3 Å². The number of carbonyl (C=O) groups excluding carboxylic acids is 1. The van der Waals surface area contributed by atoms with Crippen LogP contribution in [0.3, 0.4) is 0 Å². The Bertz CT molecular complexity index is 293. The molecule has 0 spiro atoms. The van der Waals surface area contributed by atoms with E-state index in [1.165, 1.54) is 0 Å². The summed E-state index contributed by atoms with van der Waals surface area (Å²) >= 11 is 0. The fourth-order valence-electron chi connectivity index (χ4n) is 1.86. The second-order valence-electron chi connectivity index (χ2n) is 8.15. The summed E-state index contributed by atoms with van der Waals surface area (Å²) in [6, 6.07) is 0.495. The zero-order chi connectivity index (χ0) is 16.0. The van der Waals surface area contributed by atoms with Gasteiger partial charge in [-0.05, 0) is 5.41 Å². The van der Waals surface area contributed by atoms with Crippen molar-refractivity contribution in [2.24, 2.45) is 16.7 Å². The minimum atomic E-state index is -0.0804. The van der Waals surface area contributed by atoms with Gasteiger partial charge in [0.2, 0.25) is 0 Å². The zero-order valence-corrected chi connectivity index (χ0v) is 14.8. The van der Waals surface area contributed by atoms with Crippen molar-refractivity contribution in [3.05, 3.63) is 0 Å². The molecule has 0 aliphatic heterocycles. The molecule has 0 heterocycles. The van der Waals surface area contributed by atoms with Crippen molar-refractivity contribution in [3.63, 3.8) is 0 Å². The summed E-state index contributed by atoms with van der Waals surface area (Å²) in [5, 5.41) is 3.45. The van der Waals surface area contributed by atoms with Crippen LogP contribution in [0.4, 0.5) is 0 Å². The van der Waals surface area contributed by atoms with Gasteiger partial charge in [-0.1, -0.05) is 55.4 Å². The van der Waals surface area contributed by atoms with Gasteiger partial charge in [-0.3, -0.25) is 4.79 Å². The van der Waals surface area contributed by atoms with E-state index in [0.29, 0.717) is 31.5 Å². The molecule has 1 N–H and O–H groups in total. The van der Waals surface area contributed by atoms with Crippen LogP contribution < -0.4 is 5.32 Å². The molecule has 0 saturated carbocycles. The Kier molecular flexibility index (Phi) is 7.97. The first-order chi connectivity index (χ1) is 8.95. The maximum absolute atomic E-state index is 11.8. The van der Waals surface area contributed by atoms with E-state index in [2.05, 4.69) is 46.9 Å². The molecule has 0 aromatic carbocycles. The van der Waals surface area contributed by atoms with Gasteiger partial charge in [0.05, 0.1) is 13.2 Å². The topological polar surface area (TPSA) is 38.3 Å². The van der Waals surface area contributed by atoms with Crippen LogP contribution in [0.5, 0.6) is 0 Å². The number of nitrogens with one attached hydrogen (secondary N) is 1. The number of hydrogen-bond donors (Lipinski definition) is 1. The lowest BCUT2D eigenvalue weighted by molar-refractivity contribution is -0.125. The molecule has 0 fully saturated rings. The second kappa shape index (κ2) is 8.14. The van der Waals surface area contributed by atoms with E-state index in [1.54, 1.807) is 0 Å². The Hall–Kier alpha value is -0.410. The molecule has 0 atom stereocenters. The van der Waals surface area contributed by atoms with Crippen LogP contribution in [0, 0.1) is 16.7 Å². The summed E-state index contributed by atoms with van der Waals surface area (Å²) in [6.07, 6.45) is 0.593. The van der Waals surface area contributed by atoms with E-state index in [0.717, 1.165) is 6.54 Å². The van der Waals surface area contributed by atoms with E-state index < -0.39 is 0 Å². The maximum atomic E-state index is 11.8. The first-order valence-electron chi connectivity index (χ1n) is 7.79. The molecule has 0 aliphatic rings. The fraction of sp³-hybridized carbons (Fsp3) is 0.941. The average molecular weight is 285 g/mol. The van der Waals surface area contributed by atoms with Crippen LogP contribution in [0.1, 0.15) is 61.8 Å². The van der Waals surface area contributed by atoms with Crippen molar-refractivity contribution in [2.75, 3.05) is 19.8 Å². The number of Topliss-reactive ketones (excluding diaryl/α,β-unsaturated/α-hetero) is 1. The van der Waals surface area contributed by atoms with Gasteiger partial charge in [-0.2, -0.15) is 0 Å². The summed E-state index contributed by atoms with van der Waals surface area (Å²) in [4.78, 5) is 11.8. The van der Waals surface area contributed by atoms with Gasteiger partial charge in [0.15, 0.2) is 0 Å². The third kappa shape index (κ3) is 9.49. The van der Waals surface area contributed by atoms with Crippen molar-refractivity contribution < 1.29 is 9.53 Å². The lowest BCUT2D eigenvalue weighted by atomic mass is 9.85. The molecule has 0 unspecified atom stereocenters. The van der Waals surface area contributed by atoms with Crippen LogP contribution in [0.2, 0.25) is 0 Å². The van der Waals surface area contributed by atoms with Gasteiger partial charge in [-0.15, -0.1) is 0 Å². The highest BCUT2D eigenvalue weighted by atomic mass is 16.5. The Labute approximate surface area is 125 Å². The van der Waals surface area contributed by atoms with Crippen molar-refractivity contribution in [1.82, 2.24) is 5.32 Å². The molecule has 0 amide bonds. The Balaban J connectivity index is 4.11. The van der Waals surface area contributed by atoms with Crippen LogP contribution >= 0.6 is 0 Å². The second-order valence-corrected chi connectivity index (χ2v) is 8.15. The minimum Gasteiger partial charge on any atom is -0.380 e. The molecule has 3 heteroatoms. The van der Waals surface area contributed by atoms with E-state index >= 15 is 0 Å². The third-order valence-electron chi connectivity index (χ3n) is 3.27. The van der Waals surface area contributed by atoms with Crippen molar-refractivity contribution in [2.45, 2.75) is 67.9 Å². The van der Waals surface area contributed by atoms with Gasteiger partial charge < -0.3 is 10.1 Å². The first kappa shape index (κ1) is 19.6. The van der Waals surface area contributed by atoms with E-state index in [9.17, 15) is 4.79 Å². The number of rotatable bonds is 10. The number of hydrogen-bond acceptors (Lipinski definition) is 3. The summed E-state index contributed by atoms with van der Waals surface area (Å²) < 4.78 is 5.88. The molecule has 0 aliphatic carbocycles. The van der Waals surface area contributed by atoms with Gasteiger partial charge in [-0.25, -0.2) is 0 Å². The molecule has 3 nitrogen and oxygen atoms in total. The highest BCUT2D eigenvalue weighted by Gasteiger charge is 2.25. The Morgan fingerprint density at radius 2 is 1.50 bits per heavy atom. The molecule has 0 bridgehead atoms. The maximum Gasteiger partial charge on any atom is 0.136 e. The van der Waals surface area contributed by atoms with Crippen LogP contribution in [0.15, 0.2) is 0 Å². The molecule has 0 radical (unpaired) electrons. The van der Waals surface area contributed by atoms with Crippen molar-refractivity contribution in [1.29, 1.82) is 0 Å². The van der Waals surface area contributed by atoms with E-state index in [-0.39, 0.29) is 16.7 Å². The zero-order valence-electron chi connectivity index (χ0n) is 14.8. The monoisotopic (exact) mass is 285 g/mol. The molecule has 0 rings (SSSR count). The normalized spacial score (nSPS) is 13.3. The molecule has 0 aromatic rings. The van der Waals surface area contributed by atoms with Gasteiger partial charge in [0.25, 0.3) is 0 Å². The molecule has 20 heavy (non-hydrogen) atoms. The standard InChI is InChI=1S/C17H35NO2/c1-13(2)15(19)9-16(5,6)11-20-12-17(7,8)10-18-14(3)4/h13-14,18H,9-12H2,1-8H3. The highest BCUT2D eigenvalue weighted by Crippen LogP contribution is 2.24. The van der Waals surface area contributed by atoms with Gasteiger partial charge in [0.1, 0.15) is 5.78 Å². The summed E-state index contributed by atoms with van der Waals surface area (Å²) in [5.74, 6) is 0.431. The van der Waals surface area contributed by atoms with E-state index in [4.69, 9.17) is 4.74 Å².